The molecule has 0 unspecified atom stereocenters. The summed E-state index contributed by atoms with van der Waals surface area (Å²) in [5, 5.41) is 9.59. The standard InChI is InChI=1S/C18H16ClN5/c1-12-21-17-15-4-2-3-5-16(15)22-18(24(17)23-12)20-11-10-13-6-8-14(19)9-7-13/h2-9H,10-11H2,1H3,(H,20,22). The number of hydrogen-bond donors (Lipinski definition) is 1. The van der Waals surface area contributed by atoms with Gasteiger partial charge >= 0.3 is 0 Å². The number of anilines is 1. The van der Waals surface area contributed by atoms with Crippen molar-refractivity contribution in [1.29, 1.82) is 0 Å². The number of aryl methyl sites for hydroxylation is 1. The van der Waals surface area contributed by atoms with Crippen LogP contribution < -0.4 is 5.32 Å². The molecule has 2 aromatic carbocycles. The largest absolute Gasteiger partial charge is 0.354 e. The van der Waals surface area contributed by atoms with Gasteiger partial charge < -0.3 is 5.32 Å². The van der Waals surface area contributed by atoms with Crippen molar-refractivity contribution in [3.63, 3.8) is 0 Å². The quantitative estimate of drug-likeness (QED) is 0.613. The van der Waals surface area contributed by atoms with Crippen molar-refractivity contribution < 1.29 is 0 Å². The highest BCUT2D eigenvalue weighted by molar-refractivity contribution is 6.30. The van der Waals surface area contributed by atoms with E-state index in [2.05, 4.69) is 15.4 Å². The molecule has 0 saturated heterocycles. The molecule has 24 heavy (non-hydrogen) atoms. The molecule has 0 bridgehead atoms. The summed E-state index contributed by atoms with van der Waals surface area (Å²) in [4.78, 5) is 9.23. The van der Waals surface area contributed by atoms with Crippen LogP contribution in [0.3, 0.4) is 0 Å². The number of benzene rings is 2. The molecular formula is C18H16ClN5. The minimum atomic E-state index is 0.707. The molecule has 2 heterocycles. The summed E-state index contributed by atoms with van der Waals surface area (Å²) in [7, 11) is 0. The van der Waals surface area contributed by atoms with Gasteiger partial charge in [0, 0.05) is 17.0 Å². The van der Waals surface area contributed by atoms with Gasteiger partial charge in [0.2, 0.25) is 5.95 Å². The number of fused-ring (bicyclic) bond motifs is 3. The molecule has 0 atom stereocenters. The molecule has 0 amide bonds. The average Bonchev–Trinajstić information content (AvgIpc) is 2.99. The number of aromatic nitrogens is 4. The highest BCUT2D eigenvalue weighted by Crippen LogP contribution is 2.20. The van der Waals surface area contributed by atoms with E-state index in [0.29, 0.717) is 5.95 Å². The zero-order valence-electron chi connectivity index (χ0n) is 13.2. The zero-order valence-corrected chi connectivity index (χ0v) is 14.0. The fourth-order valence-electron chi connectivity index (χ4n) is 2.74. The van der Waals surface area contributed by atoms with Crippen LogP contribution in [0, 0.1) is 6.92 Å². The molecule has 0 radical (unpaired) electrons. The lowest BCUT2D eigenvalue weighted by Crippen LogP contribution is -2.11. The van der Waals surface area contributed by atoms with E-state index in [1.165, 1.54) is 5.56 Å². The third-order valence-corrected chi connectivity index (χ3v) is 4.15. The second-order valence-corrected chi connectivity index (χ2v) is 6.09. The Balaban J connectivity index is 1.63. The molecule has 0 saturated carbocycles. The Hall–Kier alpha value is -2.66. The number of nitrogens with zero attached hydrogens (tertiary/aromatic N) is 4. The second kappa shape index (κ2) is 6.09. The maximum absolute atomic E-state index is 5.92. The molecule has 4 aromatic rings. The number of rotatable bonds is 4. The molecule has 120 valence electrons. The van der Waals surface area contributed by atoms with Gasteiger partial charge in [0.05, 0.1) is 5.52 Å². The Bertz CT molecular complexity index is 1010. The van der Waals surface area contributed by atoms with Crippen LogP contribution in [0.1, 0.15) is 11.4 Å². The summed E-state index contributed by atoms with van der Waals surface area (Å²) in [6.45, 7) is 2.64. The van der Waals surface area contributed by atoms with Gasteiger partial charge in [0.25, 0.3) is 0 Å². The lowest BCUT2D eigenvalue weighted by molar-refractivity contribution is 0.888. The highest BCUT2D eigenvalue weighted by Gasteiger charge is 2.11. The monoisotopic (exact) mass is 337 g/mol. The average molecular weight is 338 g/mol. The third kappa shape index (κ3) is 2.78. The van der Waals surface area contributed by atoms with Gasteiger partial charge in [-0.25, -0.2) is 9.97 Å². The summed E-state index contributed by atoms with van der Waals surface area (Å²) in [5.74, 6) is 1.44. The number of halogens is 1. The lowest BCUT2D eigenvalue weighted by atomic mass is 10.1. The molecule has 0 aliphatic heterocycles. The molecule has 0 aliphatic carbocycles. The van der Waals surface area contributed by atoms with Crippen LogP contribution in [0.15, 0.2) is 48.5 Å². The van der Waals surface area contributed by atoms with E-state index < -0.39 is 0 Å². The van der Waals surface area contributed by atoms with E-state index in [9.17, 15) is 0 Å². The SMILES string of the molecule is Cc1nc2c3ccccc3nc(NCCc3ccc(Cl)cc3)n2n1. The van der Waals surface area contributed by atoms with Gasteiger partial charge in [-0.3, -0.25) is 0 Å². The maximum atomic E-state index is 5.92. The van der Waals surface area contributed by atoms with E-state index in [1.807, 2.05) is 55.5 Å². The zero-order chi connectivity index (χ0) is 16.5. The van der Waals surface area contributed by atoms with Crippen LogP contribution in [0.4, 0.5) is 5.95 Å². The molecule has 5 nitrogen and oxygen atoms in total. The minimum absolute atomic E-state index is 0.707. The van der Waals surface area contributed by atoms with Gasteiger partial charge in [-0.2, -0.15) is 4.52 Å². The van der Waals surface area contributed by atoms with Crippen molar-refractivity contribution in [2.24, 2.45) is 0 Å². The Labute approximate surface area is 144 Å². The Morgan fingerprint density at radius 3 is 2.67 bits per heavy atom. The fourth-order valence-corrected chi connectivity index (χ4v) is 2.87. The predicted molar refractivity (Wildman–Crippen MR) is 96.7 cm³/mol. The lowest BCUT2D eigenvalue weighted by Gasteiger charge is -2.09. The van der Waals surface area contributed by atoms with Crippen molar-refractivity contribution in [2.45, 2.75) is 13.3 Å². The second-order valence-electron chi connectivity index (χ2n) is 5.65. The van der Waals surface area contributed by atoms with Crippen molar-refractivity contribution in [2.75, 3.05) is 11.9 Å². The van der Waals surface area contributed by atoms with E-state index in [1.54, 1.807) is 4.52 Å². The molecule has 0 aliphatic rings. The fraction of sp³-hybridized carbons (Fsp3) is 0.167. The normalized spacial score (nSPS) is 11.2. The Morgan fingerprint density at radius 1 is 1.04 bits per heavy atom. The van der Waals surface area contributed by atoms with Crippen molar-refractivity contribution in [1.82, 2.24) is 19.6 Å². The molecular weight excluding hydrogens is 322 g/mol. The number of nitrogens with one attached hydrogen (secondary N) is 1. The van der Waals surface area contributed by atoms with E-state index >= 15 is 0 Å². The van der Waals surface area contributed by atoms with E-state index in [0.717, 1.165) is 40.4 Å². The summed E-state index contributed by atoms with van der Waals surface area (Å²) >= 11 is 5.92. The van der Waals surface area contributed by atoms with Crippen molar-refractivity contribution in [3.8, 4) is 0 Å². The molecule has 0 spiro atoms. The maximum Gasteiger partial charge on any atom is 0.226 e. The van der Waals surface area contributed by atoms with Crippen molar-refractivity contribution in [3.05, 3.63) is 64.9 Å². The molecule has 4 rings (SSSR count). The first-order valence-electron chi connectivity index (χ1n) is 7.81. The predicted octanol–water partition coefficient (Wildman–Crippen LogP) is 3.89. The van der Waals surface area contributed by atoms with Gasteiger partial charge in [-0.1, -0.05) is 35.9 Å². The van der Waals surface area contributed by atoms with Crippen LogP contribution in [0.5, 0.6) is 0 Å². The molecule has 2 aromatic heterocycles. The van der Waals surface area contributed by atoms with Gasteiger partial charge in [0.1, 0.15) is 5.82 Å². The van der Waals surface area contributed by atoms with Crippen molar-refractivity contribution >= 4 is 34.1 Å². The summed E-state index contributed by atoms with van der Waals surface area (Å²) < 4.78 is 1.78. The minimum Gasteiger partial charge on any atom is -0.354 e. The van der Waals surface area contributed by atoms with E-state index in [-0.39, 0.29) is 0 Å². The Morgan fingerprint density at radius 2 is 1.83 bits per heavy atom. The summed E-state index contributed by atoms with van der Waals surface area (Å²) in [6, 6.07) is 15.9. The first-order valence-corrected chi connectivity index (χ1v) is 8.19. The Kier molecular flexibility index (Phi) is 3.78. The van der Waals surface area contributed by atoms with Gasteiger partial charge in [-0.05, 0) is 43.2 Å². The van der Waals surface area contributed by atoms with Crippen LogP contribution >= 0.6 is 11.6 Å². The van der Waals surface area contributed by atoms with Crippen LogP contribution in [-0.2, 0) is 6.42 Å². The van der Waals surface area contributed by atoms with Crippen LogP contribution in [-0.4, -0.2) is 26.1 Å². The third-order valence-electron chi connectivity index (χ3n) is 3.90. The first kappa shape index (κ1) is 14.9. The summed E-state index contributed by atoms with van der Waals surface area (Å²) in [5.41, 5.74) is 2.96. The van der Waals surface area contributed by atoms with Crippen LogP contribution in [0.2, 0.25) is 5.02 Å². The smallest absolute Gasteiger partial charge is 0.226 e. The first-order chi connectivity index (χ1) is 11.7. The van der Waals surface area contributed by atoms with E-state index in [4.69, 9.17) is 16.6 Å². The molecule has 6 heteroatoms. The van der Waals surface area contributed by atoms with Gasteiger partial charge in [0.15, 0.2) is 5.65 Å². The topological polar surface area (TPSA) is 55.1 Å². The number of para-hydroxylation sites is 1. The number of hydrogen-bond acceptors (Lipinski definition) is 4. The summed E-state index contributed by atoms with van der Waals surface area (Å²) in [6.07, 6.45) is 0.876. The van der Waals surface area contributed by atoms with Gasteiger partial charge in [-0.15, -0.1) is 5.10 Å². The molecule has 0 fully saturated rings. The molecule has 1 N–H and O–H groups in total. The van der Waals surface area contributed by atoms with Crippen LogP contribution in [0.25, 0.3) is 16.6 Å². The highest BCUT2D eigenvalue weighted by atomic mass is 35.5.